The molecular weight excluding hydrogens is 394 g/mol. The molecule has 0 aliphatic carbocycles. The minimum absolute atomic E-state index is 0.0247. The molecule has 0 aliphatic rings. The first-order chi connectivity index (χ1) is 14.3. The molecule has 0 amide bonds. The Labute approximate surface area is 167 Å². The molecule has 8 nitrogen and oxygen atoms in total. The van der Waals surface area contributed by atoms with E-state index in [4.69, 9.17) is 5.26 Å². The highest BCUT2D eigenvalue weighted by molar-refractivity contribution is 5.78. The van der Waals surface area contributed by atoms with Crippen LogP contribution in [0.5, 0.6) is 0 Å². The molecule has 0 spiro atoms. The molecule has 0 saturated heterocycles. The Morgan fingerprint density at radius 3 is 2.53 bits per heavy atom. The molecule has 4 rings (SSSR count). The highest BCUT2D eigenvalue weighted by atomic mass is 19.2. The van der Waals surface area contributed by atoms with Crippen molar-refractivity contribution in [3.05, 3.63) is 80.5 Å². The van der Waals surface area contributed by atoms with Crippen LogP contribution in [-0.2, 0) is 6.54 Å². The lowest BCUT2D eigenvalue weighted by Gasteiger charge is -2.15. The minimum atomic E-state index is -1.07. The monoisotopic (exact) mass is 408 g/mol. The first-order valence-corrected chi connectivity index (χ1v) is 8.82. The van der Waals surface area contributed by atoms with Crippen molar-refractivity contribution < 1.29 is 8.78 Å². The molecule has 0 bridgehead atoms. The normalized spacial score (nSPS) is 11.0. The van der Waals surface area contributed by atoms with Gasteiger partial charge in [0, 0.05) is 23.8 Å². The van der Waals surface area contributed by atoms with Crippen molar-refractivity contribution in [2.24, 2.45) is 0 Å². The first kappa shape index (κ1) is 19.2. The van der Waals surface area contributed by atoms with Gasteiger partial charge in [0.15, 0.2) is 11.6 Å². The summed E-state index contributed by atoms with van der Waals surface area (Å²) in [4.78, 5) is 30.3. The Morgan fingerprint density at radius 1 is 1.10 bits per heavy atom. The van der Waals surface area contributed by atoms with Gasteiger partial charge in [-0.05, 0) is 31.5 Å². The largest absolute Gasteiger partial charge is 0.336 e. The maximum atomic E-state index is 13.6. The van der Waals surface area contributed by atoms with Gasteiger partial charge >= 0.3 is 5.69 Å². The van der Waals surface area contributed by atoms with Gasteiger partial charge in [0.2, 0.25) is 0 Å². The molecule has 0 radical (unpaired) electrons. The zero-order valence-electron chi connectivity index (χ0n) is 15.9. The van der Waals surface area contributed by atoms with Crippen molar-refractivity contribution in [1.29, 1.82) is 5.26 Å². The summed E-state index contributed by atoms with van der Waals surface area (Å²) in [6.45, 7) is 2.96. The smallest absolute Gasteiger partial charge is 0.282 e. The van der Waals surface area contributed by atoms with E-state index in [1.54, 1.807) is 19.2 Å². The lowest BCUT2D eigenvalue weighted by molar-refractivity contribution is 0.511. The Morgan fingerprint density at radius 2 is 1.83 bits per heavy atom. The van der Waals surface area contributed by atoms with Crippen molar-refractivity contribution in [2.75, 3.05) is 0 Å². The zero-order chi connectivity index (χ0) is 21.6. The van der Waals surface area contributed by atoms with Crippen LogP contribution in [0.2, 0.25) is 0 Å². The fourth-order valence-electron chi connectivity index (χ4n) is 3.28. The number of nitriles is 1. The Kier molecular flexibility index (Phi) is 4.50. The first-order valence-electron chi connectivity index (χ1n) is 8.82. The van der Waals surface area contributed by atoms with Crippen LogP contribution >= 0.6 is 0 Å². The standard InChI is InChI=1S/C20H14F2N6O2/c1-11-5-14(9-24-8-11)28-19(29)18(12(2)26(4-3-23)20(28)30)27-10-13-6-15(21)16(22)7-17(13)25-27/h5-10H,4H2,1-2H3. The van der Waals surface area contributed by atoms with Gasteiger partial charge in [0.05, 0.1) is 29.2 Å². The van der Waals surface area contributed by atoms with Crippen LogP contribution in [0.1, 0.15) is 11.3 Å². The molecule has 150 valence electrons. The predicted molar refractivity (Wildman–Crippen MR) is 104 cm³/mol. The third-order valence-electron chi connectivity index (χ3n) is 4.70. The number of hydrogen-bond donors (Lipinski definition) is 0. The molecule has 0 unspecified atom stereocenters. The Hall–Kier alpha value is -4.13. The summed E-state index contributed by atoms with van der Waals surface area (Å²) in [5, 5.41) is 13.6. The van der Waals surface area contributed by atoms with Crippen molar-refractivity contribution in [3.8, 4) is 17.4 Å². The maximum absolute atomic E-state index is 13.6. The van der Waals surface area contributed by atoms with Gasteiger partial charge in [-0.2, -0.15) is 10.4 Å². The summed E-state index contributed by atoms with van der Waals surface area (Å²) in [6.07, 6.45) is 4.29. The zero-order valence-corrected chi connectivity index (χ0v) is 15.9. The van der Waals surface area contributed by atoms with Crippen LogP contribution in [0.25, 0.3) is 22.3 Å². The van der Waals surface area contributed by atoms with Gasteiger partial charge in [-0.1, -0.05) is 0 Å². The summed E-state index contributed by atoms with van der Waals surface area (Å²) in [5.41, 5.74) is -0.151. The van der Waals surface area contributed by atoms with Crippen LogP contribution in [0.15, 0.2) is 46.4 Å². The van der Waals surface area contributed by atoms with E-state index in [2.05, 4.69) is 10.1 Å². The van der Waals surface area contributed by atoms with Crippen LogP contribution in [0, 0.1) is 36.8 Å². The van der Waals surface area contributed by atoms with Crippen LogP contribution in [0.4, 0.5) is 8.78 Å². The van der Waals surface area contributed by atoms with E-state index in [0.717, 1.165) is 31.5 Å². The van der Waals surface area contributed by atoms with Gasteiger partial charge in [-0.25, -0.2) is 22.8 Å². The molecule has 0 fully saturated rings. The van der Waals surface area contributed by atoms with Crippen molar-refractivity contribution in [3.63, 3.8) is 0 Å². The van der Waals surface area contributed by atoms with E-state index in [0.29, 0.717) is 0 Å². The summed E-state index contributed by atoms with van der Waals surface area (Å²) in [6, 6.07) is 5.40. The molecule has 3 heterocycles. The number of rotatable bonds is 3. The number of hydrogen-bond acceptors (Lipinski definition) is 5. The Bertz CT molecular complexity index is 1440. The highest BCUT2D eigenvalue weighted by Crippen LogP contribution is 2.19. The molecule has 0 saturated carbocycles. The molecule has 0 N–H and O–H groups in total. The number of aromatic nitrogens is 5. The average Bonchev–Trinajstić information content (AvgIpc) is 3.07. The van der Waals surface area contributed by atoms with Crippen LogP contribution in [-0.4, -0.2) is 23.9 Å². The quantitative estimate of drug-likeness (QED) is 0.517. The van der Waals surface area contributed by atoms with E-state index < -0.39 is 22.9 Å². The highest BCUT2D eigenvalue weighted by Gasteiger charge is 2.21. The van der Waals surface area contributed by atoms with Crippen LogP contribution in [0.3, 0.4) is 0 Å². The maximum Gasteiger partial charge on any atom is 0.336 e. The molecule has 4 aromatic rings. The summed E-state index contributed by atoms with van der Waals surface area (Å²) >= 11 is 0. The molecule has 3 aromatic heterocycles. The van der Waals surface area contributed by atoms with Gasteiger partial charge in [-0.15, -0.1) is 0 Å². The second kappa shape index (κ2) is 7.04. The SMILES string of the molecule is Cc1cncc(-n2c(=O)c(-n3cc4cc(F)c(F)cc4n3)c(C)n(CC#N)c2=O)c1. The number of halogens is 2. The number of nitrogens with zero attached hydrogens (tertiary/aromatic N) is 6. The van der Waals surface area contributed by atoms with Gasteiger partial charge in [-0.3, -0.25) is 14.3 Å². The van der Waals surface area contributed by atoms with E-state index in [1.165, 1.54) is 19.3 Å². The second-order valence-corrected chi connectivity index (χ2v) is 6.72. The van der Waals surface area contributed by atoms with E-state index in [-0.39, 0.29) is 34.5 Å². The van der Waals surface area contributed by atoms with E-state index in [9.17, 15) is 18.4 Å². The summed E-state index contributed by atoms with van der Waals surface area (Å²) in [5.74, 6) is -2.11. The van der Waals surface area contributed by atoms with Gasteiger partial charge in [0.1, 0.15) is 12.2 Å². The molecule has 30 heavy (non-hydrogen) atoms. The summed E-state index contributed by atoms with van der Waals surface area (Å²) in [7, 11) is 0. The second-order valence-electron chi connectivity index (χ2n) is 6.72. The molecule has 10 heteroatoms. The number of pyridine rings is 1. The fourth-order valence-corrected chi connectivity index (χ4v) is 3.28. The lowest BCUT2D eigenvalue weighted by atomic mass is 10.2. The molecule has 0 atom stereocenters. The Balaban J connectivity index is 2.09. The fraction of sp³-hybridized carbons (Fsp3) is 0.150. The molecular formula is C20H14F2N6O2. The molecule has 0 aliphatic heterocycles. The third kappa shape index (κ3) is 2.97. The van der Waals surface area contributed by atoms with Gasteiger partial charge in [0.25, 0.3) is 5.56 Å². The average molecular weight is 408 g/mol. The minimum Gasteiger partial charge on any atom is -0.282 e. The van der Waals surface area contributed by atoms with E-state index in [1.807, 2.05) is 6.07 Å². The van der Waals surface area contributed by atoms with Gasteiger partial charge < -0.3 is 0 Å². The van der Waals surface area contributed by atoms with Crippen molar-refractivity contribution in [2.45, 2.75) is 20.4 Å². The van der Waals surface area contributed by atoms with Crippen molar-refractivity contribution in [1.82, 2.24) is 23.9 Å². The summed E-state index contributed by atoms with van der Waals surface area (Å²) < 4.78 is 30.4. The van der Waals surface area contributed by atoms with Crippen LogP contribution < -0.4 is 11.2 Å². The van der Waals surface area contributed by atoms with E-state index >= 15 is 0 Å². The number of fused-ring (bicyclic) bond motifs is 1. The molecule has 1 aromatic carbocycles. The van der Waals surface area contributed by atoms with Crippen molar-refractivity contribution >= 4 is 10.9 Å². The number of aryl methyl sites for hydroxylation is 1. The number of benzene rings is 1. The topological polar surface area (TPSA) is 98.5 Å². The predicted octanol–water partition coefficient (Wildman–Crippen LogP) is 2.15. The lowest BCUT2D eigenvalue weighted by Crippen LogP contribution is -2.42. The third-order valence-corrected chi connectivity index (χ3v) is 4.70.